The van der Waals surface area contributed by atoms with Gasteiger partial charge in [0, 0.05) is 13.1 Å². The number of esters is 1. The second-order valence-corrected chi connectivity index (χ2v) is 4.04. The van der Waals surface area contributed by atoms with E-state index in [1.807, 2.05) is 0 Å². The number of ether oxygens (including phenoxy) is 2. The number of rotatable bonds is 3. The van der Waals surface area contributed by atoms with Gasteiger partial charge in [0.2, 0.25) is 0 Å². The standard InChI is InChI=1S/C10H16N4O3/c1-13-3-4-17-8(5-13)6-14-7-11-9(12-14)10(15)16-2/h7-8H,3-6H2,1-2H3. The van der Waals surface area contributed by atoms with E-state index in [2.05, 4.69) is 26.8 Å². The average Bonchev–Trinajstić information content (AvgIpc) is 2.76. The Kier molecular flexibility index (Phi) is 3.70. The first-order chi connectivity index (χ1) is 8.19. The molecule has 1 unspecified atom stereocenters. The van der Waals surface area contributed by atoms with Gasteiger partial charge in [-0.1, -0.05) is 0 Å². The zero-order valence-electron chi connectivity index (χ0n) is 10.00. The molecule has 0 aliphatic carbocycles. The molecule has 1 saturated heterocycles. The van der Waals surface area contributed by atoms with Crippen molar-refractivity contribution in [2.24, 2.45) is 0 Å². The summed E-state index contributed by atoms with van der Waals surface area (Å²) in [6.07, 6.45) is 1.60. The third-order valence-corrected chi connectivity index (χ3v) is 2.64. The van der Waals surface area contributed by atoms with Crippen molar-refractivity contribution in [2.45, 2.75) is 12.6 Å². The molecule has 1 aromatic rings. The topological polar surface area (TPSA) is 69.5 Å². The molecule has 0 aromatic carbocycles. The first-order valence-corrected chi connectivity index (χ1v) is 5.47. The van der Waals surface area contributed by atoms with Crippen LogP contribution in [0.2, 0.25) is 0 Å². The number of aromatic nitrogens is 3. The third-order valence-electron chi connectivity index (χ3n) is 2.64. The summed E-state index contributed by atoms with van der Waals surface area (Å²) >= 11 is 0. The van der Waals surface area contributed by atoms with Gasteiger partial charge in [0.05, 0.1) is 26.4 Å². The second-order valence-electron chi connectivity index (χ2n) is 4.04. The Labute approximate surface area is 99.3 Å². The lowest BCUT2D eigenvalue weighted by Crippen LogP contribution is -2.42. The number of hydrogen-bond acceptors (Lipinski definition) is 6. The highest BCUT2D eigenvalue weighted by Gasteiger charge is 2.19. The fourth-order valence-corrected chi connectivity index (χ4v) is 1.75. The predicted octanol–water partition coefficient (Wildman–Crippen LogP) is -0.605. The lowest BCUT2D eigenvalue weighted by atomic mass is 10.3. The van der Waals surface area contributed by atoms with Gasteiger partial charge >= 0.3 is 5.97 Å². The number of likely N-dealkylation sites (N-methyl/N-ethyl adjacent to an activating group) is 1. The van der Waals surface area contributed by atoms with Gasteiger partial charge in [0.1, 0.15) is 6.33 Å². The van der Waals surface area contributed by atoms with E-state index in [4.69, 9.17) is 4.74 Å². The molecule has 7 heteroatoms. The largest absolute Gasteiger partial charge is 0.463 e. The maximum Gasteiger partial charge on any atom is 0.377 e. The van der Waals surface area contributed by atoms with Gasteiger partial charge in [-0.05, 0) is 7.05 Å². The molecule has 0 amide bonds. The predicted molar refractivity (Wildman–Crippen MR) is 58.6 cm³/mol. The lowest BCUT2D eigenvalue weighted by molar-refractivity contribution is -0.0291. The minimum Gasteiger partial charge on any atom is -0.463 e. The minimum absolute atomic E-state index is 0.0802. The highest BCUT2D eigenvalue weighted by Crippen LogP contribution is 2.05. The summed E-state index contributed by atoms with van der Waals surface area (Å²) in [5.41, 5.74) is 0. The van der Waals surface area contributed by atoms with E-state index in [1.165, 1.54) is 13.4 Å². The van der Waals surface area contributed by atoms with E-state index in [0.717, 1.165) is 19.7 Å². The van der Waals surface area contributed by atoms with Crippen LogP contribution in [0, 0.1) is 0 Å². The summed E-state index contributed by atoms with van der Waals surface area (Å²) in [5, 5.41) is 4.03. The summed E-state index contributed by atoms with van der Waals surface area (Å²) in [7, 11) is 3.36. The summed E-state index contributed by atoms with van der Waals surface area (Å²) in [6, 6.07) is 0. The molecule has 0 saturated carbocycles. The minimum atomic E-state index is -0.523. The van der Waals surface area contributed by atoms with E-state index in [1.54, 1.807) is 4.68 Å². The SMILES string of the molecule is COC(=O)c1ncn(CC2CN(C)CCO2)n1. The Morgan fingerprint density at radius 3 is 3.24 bits per heavy atom. The number of carbonyl (C=O) groups is 1. The van der Waals surface area contributed by atoms with Crippen molar-refractivity contribution in [3.8, 4) is 0 Å². The molecule has 1 aromatic heterocycles. The molecule has 94 valence electrons. The molecule has 0 N–H and O–H groups in total. The molecule has 1 atom stereocenters. The van der Waals surface area contributed by atoms with Crippen LogP contribution in [0.5, 0.6) is 0 Å². The smallest absolute Gasteiger partial charge is 0.377 e. The van der Waals surface area contributed by atoms with Crippen molar-refractivity contribution in [3.05, 3.63) is 12.2 Å². The van der Waals surface area contributed by atoms with Crippen LogP contribution in [-0.4, -0.2) is 65.6 Å². The first kappa shape index (κ1) is 12.0. The Morgan fingerprint density at radius 1 is 1.71 bits per heavy atom. The summed E-state index contributed by atoms with van der Waals surface area (Å²) < 4.78 is 11.7. The van der Waals surface area contributed by atoms with Crippen LogP contribution in [0.1, 0.15) is 10.6 Å². The van der Waals surface area contributed by atoms with Crippen LogP contribution in [0.15, 0.2) is 6.33 Å². The fraction of sp³-hybridized carbons (Fsp3) is 0.700. The number of methoxy groups -OCH3 is 1. The number of hydrogen-bond donors (Lipinski definition) is 0. The van der Waals surface area contributed by atoms with E-state index in [0.29, 0.717) is 6.54 Å². The van der Waals surface area contributed by atoms with Crippen molar-refractivity contribution in [1.29, 1.82) is 0 Å². The molecular formula is C10H16N4O3. The molecular weight excluding hydrogens is 224 g/mol. The molecule has 0 bridgehead atoms. The zero-order valence-corrected chi connectivity index (χ0v) is 10.00. The lowest BCUT2D eigenvalue weighted by Gasteiger charge is -2.29. The number of nitrogens with zero attached hydrogens (tertiary/aromatic N) is 4. The van der Waals surface area contributed by atoms with Gasteiger partial charge in [0.25, 0.3) is 5.82 Å². The van der Waals surface area contributed by atoms with Crippen molar-refractivity contribution in [1.82, 2.24) is 19.7 Å². The highest BCUT2D eigenvalue weighted by molar-refractivity contribution is 5.84. The molecule has 17 heavy (non-hydrogen) atoms. The second kappa shape index (κ2) is 5.24. The summed E-state index contributed by atoms with van der Waals surface area (Å²) in [6.45, 7) is 3.11. The van der Waals surface area contributed by atoms with Crippen molar-refractivity contribution in [3.63, 3.8) is 0 Å². The zero-order chi connectivity index (χ0) is 12.3. The molecule has 0 radical (unpaired) electrons. The quantitative estimate of drug-likeness (QED) is 0.657. The number of morpholine rings is 1. The van der Waals surface area contributed by atoms with Crippen molar-refractivity contribution in [2.75, 3.05) is 33.9 Å². The monoisotopic (exact) mass is 240 g/mol. The van der Waals surface area contributed by atoms with Crippen LogP contribution in [0.3, 0.4) is 0 Å². The Bertz CT molecular complexity index is 393. The molecule has 1 aliphatic heterocycles. The van der Waals surface area contributed by atoms with E-state index < -0.39 is 5.97 Å². The molecule has 1 aliphatic rings. The maximum absolute atomic E-state index is 11.2. The molecule has 1 fully saturated rings. The van der Waals surface area contributed by atoms with Gasteiger partial charge in [-0.15, -0.1) is 5.10 Å². The average molecular weight is 240 g/mol. The third kappa shape index (κ3) is 3.01. The molecule has 7 nitrogen and oxygen atoms in total. The highest BCUT2D eigenvalue weighted by atomic mass is 16.5. The number of carbonyl (C=O) groups excluding carboxylic acids is 1. The van der Waals surface area contributed by atoms with E-state index in [-0.39, 0.29) is 11.9 Å². The van der Waals surface area contributed by atoms with Crippen LogP contribution >= 0.6 is 0 Å². The van der Waals surface area contributed by atoms with Crippen molar-refractivity contribution >= 4 is 5.97 Å². The molecule has 2 rings (SSSR count). The normalized spacial score (nSPS) is 21.4. The first-order valence-electron chi connectivity index (χ1n) is 5.47. The van der Waals surface area contributed by atoms with Crippen molar-refractivity contribution < 1.29 is 14.3 Å². The van der Waals surface area contributed by atoms with Crippen LogP contribution in [0.25, 0.3) is 0 Å². The Hall–Kier alpha value is -1.47. The molecule has 0 spiro atoms. The summed E-state index contributed by atoms with van der Waals surface area (Å²) in [5.74, 6) is -0.443. The Morgan fingerprint density at radius 2 is 2.53 bits per heavy atom. The Balaban J connectivity index is 1.94. The van der Waals surface area contributed by atoms with Gasteiger partial charge in [0.15, 0.2) is 0 Å². The van der Waals surface area contributed by atoms with Crippen LogP contribution in [0.4, 0.5) is 0 Å². The summed E-state index contributed by atoms with van der Waals surface area (Å²) in [4.78, 5) is 17.3. The van der Waals surface area contributed by atoms with Crippen LogP contribution in [-0.2, 0) is 16.0 Å². The maximum atomic E-state index is 11.2. The van der Waals surface area contributed by atoms with E-state index in [9.17, 15) is 4.79 Å². The van der Waals surface area contributed by atoms with Crippen LogP contribution < -0.4 is 0 Å². The van der Waals surface area contributed by atoms with E-state index >= 15 is 0 Å². The van der Waals surface area contributed by atoms with Gasteiger partial charge < -0.3 is 14.4 Å². The molecule has 2 heterocycles. The van der Waals surface area contributed by atoms with Gasteiger partial charge in [-0.2, -0.15) is 0 Å². The van der Waals surface area contributed by atoms with Gasteiger partial charge in [-0.3, -0.25) is 0 Å². The fourth-order valence-electron chi connectivity index (χ4n) is 1.75. The van der Waals surface area contributed by atoms with Gasteiger partial charge in [-0.25, -0.2) is 14.5 Å².